The molecule has 0 fully saturated rings. The molecule has 0 amide bonds. The molecular formula is C27H22F2O2. The van der Waals surface area contributed by atoms with Crippen LogP contribution >= 0.6 is 0 Å². The minimum atomic E-state index is -1.36. The molecule has 0 heterocycles. The second-order valence-electron chi connectivity index (χ2n) is 7.67. The Morgan fingerprint density at radius 2 is 0.903 bits per heavy atom. The van der Waals surface area contributed by atoms with E-state index in [0.29, 0.717) is 11.1 Å². The van der Waals surface area contributed by atoms with Gasteiger partial charge in [0.1, 0.15) is 0 Å². The van der Waals surface area contributed by atoms with Gasteiger partial charge in [0.2, 0.25) is 0 Å². The van der Waals surface area contributed by atoms with E-state index in [4.69, 9.17) is 0 Å². The summed E-state index contributed by atoms with van der Waals surface area (Å²) in [4.78, 5) is 0. The predicted octanol–water partition coefficient (Wildman–Crippen LogP) is 6.38. The minimum absolute atomic E-state index is 0.214. The molecule has 0 spiro atoms. The number of hydrogen-bond acceptors (Lipinski definition) is 2. The van der Waals surface area contributed by atoms with E-state index in [1.807, 2.05) is 60.7 Å². The van der Waals surface area contributed by atoms with E-state index >= 15 is 0 Å². The van der Waals surface area contributed by atoms with Gasteiger partial charge in [0, 0.05) is 11.1 Å². The van der Waals surface area contributed by atoms with Crippen LogP contribution in [0, 0.1) is 25.5 Å². The summed E-state index contributed by atoms with van der Waals surface area (Å²) >= 11 is 0. The molecule has 0 saturated heterocycles. The quantitative estimate of drug-likeness (QED) is 0.379. The van der Waals surface area contributed by atoms with E-state index in [2.05, 4.69) is 0 Å². The van der Waals surface area contributed by atoms with Crippen molar-refractivity contribution >= 4 is 0 Å². The van der Waals surface area contributed by atoms with Crippen molar-refractivity contribution < 1.29 is 19.0 Å². The van der Waals surface area contributed by atoms with Gasteiger partial charge in [-0.2, -0.15) is 0 Å². The summed E-state index contributed by atoms with van der Waals surface area (Å²) in [5.74, 6) is -2.57. The van der Waals surface area contributed by atoms with Crippen LogP contribution in [0.2, 0.25) is 0 Å². The Morgan fingerprint density at radius 3 is 1.26 bits per heavy atom. The number of benzene rings is 4. The number of rotatable bonds is 4. The highest BCUT2D eigenvalue weighted by Gasteiger charge is 2.43. The standard InChI is InChI=1S/C27H22F2O2/c1-17-13-15-21(25(30)23(17)28)27(19-9-5-3-6-10-19,20-11-7-4-8-12-20)22-16-14-18(2)24(29)26(22)31/h3-16,30-31H,1-2H3. The average Bonchev–Trinajstić information content (AvgIpc) is 2.80. The molecule has 4 aromatic rings. The molecule has 0 unspecified atom stereocenters. The first-order valence-corrected chi connectivity index (χ1v) is 9.97. The molecule has 31 heavy (non-hydrogen) atoms. The summed E-state index contributed by atoms with van der Waals surface area (Å²) in [7, 11) is 0. The topological polar surface area (TPSA) is 40.5 Å². The van der Waals surface area contributed by atoms with Gasteiger partial charge < -0.3 is 10.2 Å². The van der Waals surface area contributed by atoms with Gasteiger partial charge in [-0.25, -0.2) is 8.78 Å². The van der Waals surface area contributed by atoms with Crippen molar-refractivity contribution in [3.05, 3.63) is 130 Å². The van der Waals surface area contributed by atoms with Crippen molar-refractivity contribution in [2.45, 2.75) is 19.3 Å². The Kier molecular flexibility index (Phi) is 5.24. The number of aromatic hydroxyl groups is 2. The fourth-order valence-electron chi connectivity index (χ4n) is 4.25. The van der Waals surface area contributed by atoms with E-state index in [1.165, 1.54) is 0 Å². The molecule has 2 N–H and O–H groups in total. The Hall–Kier alpha value is -3.66. The van der Waals surface area contributed by atoms with Crippen LogP contribution in [0.3, 0.4) is 0 Å². The largest absolute Gasteiger partial charge is 0.505 e. The first-order valence-electron chi connectivity index (χ1n) is 9.97. The number of aryl methyl sites for hydroxylation is 2. The zero-order valence-electron chi connectivity index (χ0n) is 17.2. The van der Waals surface area contributed by atoms with Crippen LogP contribution in [-0.4, -0.2) is 10.2 Å². The molecule has 0 aliphatic rings. The van der Waals surface area contributed by atoms with Gasteiger partial charge in [0.05, 0.1) is 5.41 Å². The highest BCUT2D eigenvalue weighted by Crippen LogP contribution is 2.51. The Balaban J connectivity index is 2.25. The van der Waals surface area contributed by atoms with Gasteiger partial charge in [-0.3, -0.25) is 0 Å². The zero-order chi connectivity index (χ0) is 22.2. The van der Waals surface area contributed by atoms with Gasteiger partial charge in [-0.1, -0.05) is 84.9 Å². The molecule has 4 aromatic carbocycles. The van der Waals surface area contributed by atoms with Crippen molar-refractivity contribution in [1.29, 1.82) is 0 Å². The van der Waals surface area contributed by atoms with Gasteiger partial charge in [0.15, 0.2) is 23.1 Å². The normalized spacial score (nSPS) is 11.5. The van der Waals surface area contributed by atoms with E-state index in [1.54, 1.807) is 38.1 Å². The lowest BCUT2D eigenvalue weighted by Gasteiger charge is -2.37. The highest BCUT2D eigenvalue weighted by molar-refractivity contribution is 5.66. The number of phenolic OH excluding ortho intramolecular Hbond substituents is 2. The summed E-state index contributed by atoms with van der Waals surface area (Å²) in [6.07, 6.45) is 0. The van der Waals surface area contributed by atoms with Crippen LogP contribution in [0.5, 0.6) is 11.5 Å². The third kappa shape index (κ3) is 3.15. The molecule has 4 heteroatoms. The zero-order valence-corrected chi connectivity index (χ0v) is 17.2. The first kappa shape index (κ1) is 20.6. The van der Waals surface area contributed by atoms with Gasteiger partial charge in [-0.15, -0.1) is 0 Å². The van der Waals surface area contributed by atoms with Crippen LogP contribution in [0.25, 0.3) is 0 Å². The summed E-state index contributed by atoms with van der Waals surface area (Å²) < 4.78 is 29.9. The average molecular weight is 416 g/mol. The third-order valence-electron chi connectivity index (χ3n) is 5.84. The maximum atomic E-state index is 14.9. The Bertz CT molecular complexity index is 1140. The van der Waals surface area contributed by atoms with Crippen molar-refractivity contribution in [2.24, 2.45) is 0 Å². The number of hydrogen-bond donors (Lipinski definition) is 2. The SMILES string of the molecule is Cc1ccc(C(c2ccccc2)(c2ccccc2)c2ccc(C)c(F)c2O)c(O)c1F. The predicted molar refractivity (Wildman–Crippen MR) is 117 cm³/mol. The molecule has 0 radical (unpaired) electrons. The molecule has 0 aliphatic heterocycles. The minimum Gasteiger partial charge on any atom is -0.505 e. The molecule has 0 saturated carbocycles. The molecule has 0 atom stereocenters. The number of phenols is 2. The van der Waals surface area contributed by atoms with Gasteiger partial charge in [-0.05, 0) is 36.1 Å². The van der Waals surface area contributed by atoms with Gasteiger partial charge in [0.25, 0.3) is 0 Å². The third-order valence-corrected chi connectivity index (χ3v) is 5.84. The molecule has 0 bridgehead atoms. The van der Waals surface area contributed by atoms with E-state index in [9.17, 15) is 19.0 Å². The van der Waals surface area contributed by atoms with Gasteiger partial charge >= 0.3 is 0 Å². The van der Waals surface area contributed by atoms with Crippen molar-refractivity contribution in [3.8, 4) is 11.5 Å². The van der Waals surface area contributed by atoms with E-state index in [-0.39, 0.29) is 22.3 Å². The lowest BCUT2D eigenvalue weighted by atomic mass is 9.64. The van der Waals surface area contributed by atoms with Crippen LogP contribution in [0.4, 0.5) is 8.78 Å². The maximum Gasteiger partial charge on any atom is 0.168 e. The Labute approximate surface area is 180 Å². The molecule has 2 nitrogen and oxygen atoms in total. The first-order chi connectivity index (χ1) is 14.9. The lowest BCUT2D eigenvalue weighted by Crippen LogP contribution is -2.31. The van der Waals surface area contributed by atoms with E-state index in [0.717, 1.165) is 0 Å². The van der Waals surface area contributed by atoms with Crippen molar-refractivity contribution in [1.82, 2.24) is 0 Å². The van der Waals surface area contributed by atoms with Crippen LogP contribution in [-0.2, 0) is 5.41 Å². The summed E-state index contributed by atoms with van der Waals surface area (Å²) in [6, 6.07) is 24.6. The fourth-order valence-corrected chi connectivity index (χ4v) is 4.25. The van der Waals surface area contributed by atoms with Crippen LogP contribution < -0.4 is 0 Å². The molecular weight excluding hydrogens is 394 g/mol. The maximum absolute atomic E-state index is 14.9. The Morgan fingerprint density at radius 1 is 0.548 bits per heavy atom. The molecule has 0 aromatic heterocycles. The second kappa shape index (κ2) is 7.88. The lowest BCUT2D eigenvalue weighted by molar-refractivity contribution is 0.405. The molecule has 0 aliphatic carbocycles. The van der Waals surface area contributed by atoms with Crippen LogP contribution in [0.15, 0.2) is 84.9 Å². The number of halogens is 2. The molecule has 156 valence electrons. The van der Waals surface area contributed by atoms with Crippen LogP contribution in [0.1, 0.15) is 33.4 Å². The van der Waals surface area contributed by atoms with E-state index < -0.39 is 28.5 Å². The summed E-state index contributed by atoms with van der Waals surface area (Å²) in [5, 5.41) is 21.9. The highest BCUT2D eigenvalue weighted by atomic mass is 19.1. The summed E-state index contributed by atoms with van der Waals surface area (Å²) in [5.41, 5.74) is 0.945. The second-order valence-corrected chi connectivity index (χ2v) is 7.67. The summed E-state index contributed by atoms with van der Waals surface area (Å²) in [6.45, 7) is 3.13. The fraction of sp³-hybridized carbons (Fsp3) is 0.111. The monoisotopic (exact) mass is 416 g/mol. The van der Waals surface area contributed by atoms with Crippen molar-refractivity contribution in [3.63, 3.8) is 0 Å². The smallest absolute Gasteiger partial charge is 0.168 e. The van der Waals surface area contributed by atoms with Crippen molar-refractivity contribution in [2.75, 3.05) is 0 Å². The molecule has 4 rings (SSSR count).